The Kier molecular flexibility index (Phi) is 4.55. The second kappa shape index (κ2) is 5.52. The molecule has 0 bridgehead atoms. The Bertz CT molecular complexity index is 490. The zero-order chi connectivity index (χ0) is 13.1. The number of benzene rings is 1. The van der Waals surface area contributed by atoms with Gasteiger partial charge in [0.1, 0.15) is 16.5 Å². The Morgan fingerprint density at radius 2 is 2.06 bits per heavy atom. The van der Waals surface area contributed by atoms with E-state index in [1.54, 1.807) is 6.92 Å². The predicted octanol–water partition coefficient (Wildman–Crippen LogP) is 1.01. The molecule has 0 fully saturated rings. The topological polar surface area (TPSA) is 66.4 Å². The van der Waals surface area contributed by atoms with Gasteiger partial charge in [0.05, 0.1) is 6.10 Å². The zero-order valence-electron chi connectivity index (χ0n) is 9.15. The molecule has 96 valence electrons. The van der Waals surface area contributed by atoms with E-state index in [0.717, 1.165) is 12.1 Å². The van der Waals surface area contributed by atoms with Crippen molar-refractivity contribution in [3.8, 4) is 0 Å². The fraction of sp³-hybridized carbons (Fsp3) is 0.400. The van der Waals surface area contributed by atoms with Crippen LogP contribution in [0.25, 0.3) is 0 Å². The number of hydrogen-bond donors (Lipinski definition) is 2. The molecule has 0 saturated carbocycles. The van der Waals surface area contributed by atoms with E-state index in [4.69, 9.17) is 0 Å². The highest BCUT2D eigenvalue weighted by Gasteiger charge is 2.20. The monoisotopic (exact) mass is 265 g/mol. The van der Waals surface area contributed by atoms with Gasteiger partial charge in [0.2, 0.25) is 10.0 Å². The van der Waals surface area contributed by atoms with Crippen LogP contribution in [-0.2, 0) is 10.0 Å². The van der Waals surface area contributed by atoms with E-state index in [2.05, 4.69) is 0 Å². The Morgan fingerprint density at radius 3 is 2.65 bits per heavy atom. The molecule has 0 amide bonds. The lowest BCUT2D eigenvalue weighted by Gasteiger charge is -2.10. The molecule has 0 aliphatic rings. The summed E-state index contributed by atoms with van der Waals surface area (Å²) in [6, 6.07) is 2.16. The Morgan fingerprint density at radius 1 is 1.41 bits per heavy atom. The predicted molar refractivity (Wildman–Crippen MR) is 57.8 cm³/mol. The molecule has 0 aromatic heterocycles. The molecule has 17 heavy (non-hydrogen) atoms. The van der Waals surface area contributed by atoms with Gasteiger partial charge in [-0.25, -0.2) is 21.9 Å². The molecule has 0 radical (unpaired) electrons. The molecule has 0 heterocycles. The summed E-state index contributed by atoms with van der Waals surface area (Å²) in [5.74, 6) is -1.88. The average molecular weight is 265 g/mol. The normalized spacial score (nSPS) is 13.6. The molecule has 1 unspecified atom stereocenters. The van der Waals surface area contributed by atoms with Crippen molar-refractivity contribution in [2.24, 2.45) is 0 Å². The molecule has 0 saturated heterocycles. The van der Waals surface area contributed by atoms with E-state index < -0.39 is 32.7 Å². The summed E-state index contributed by atoms with van der Waals surface area (Å²) in [5.41, 5.74) is 0. The second-order valence-corrected chi connectivity index (χ2v) is 5.22. The van der Waals surface area contributed by atoms with Gasteiger partial charge in [0.25, 0.3) is 0 Å². The van der Waals surface area contributed by atoms with Crippen LogP contribution in [-0.4, -0.2) is 26.2 Å². The van der Waals surface area contributed by atoms with Crippen LogP contribution in [0.2, 0.25) is 0 Å². The number of aliphatic hydroxyl groups excluding tert-OH is 1. The number of halogens is 2. The van der Waals surface area contributed by atoms with Crippen LogP contribution < -0.4 is 4.72 Å². The van der Waals surface area contributed by atoms with Crippen LogP contribution in [0.1, 0.15) is 13.3 Å². The standard InChI is InChI=1S/C10H13F2NO3S/c1-2-8(14)6-13-17(15,16)10-5-7(11)3-4-9(10)12/h3-5,8,13-14H,2,6H2,1H3. The highest BCUT2D eigenvalue weighted by atomic mass is 32.2. The third-order valence-corrected chi connectivity index (χ3v) is 3.60. The van der Waals surface area contributed by atoms with E-state index in [0.29, 0.717) is 12.5 Å². The lowest BCUT2D eigenvalue weighted by atomic mass is 10.3. The van der Waals surface area contributed by atoms with Gasteiger partial charge in [-0.05, 0) is 24.6 Å². The summed E-state index contributed by atoms with van der Waals surface area (Å²) in [6.07, 6.45) is -0.505. The molecule has 2 N–H and O–H groups in total. The lowest BCUT2D eigenvalue weighted by molar-refractivity contribution is 0.174. The van der Waals surface area contributed by atoms with Crippen molar-refractivity contribution < 1.29 is 22.3 Å². The van der Waals surface area contributed by atoms with Gasteiger partial charge in [-0.2, -0.15) is 0 Å². The van der Waals surface area contributed by atoms with E-state index in [9.17, 15) is 22.3 Å². The van der Waals surface area contributed by atoms with Crippen LogP contribution in [0.5, 0.6) is 0 Å². The number of aliphatic hydroxyl groups is 1. The zero-order valence-corrected chi connectivity index (χ0v) is 9.97. The molecule has 1 atom stereocenters. The van der Waals surface area contributed by atoms with Crippen molar-refractivity contribution in [2.75, 3.05) is 6.54 Å². The molecule has 1 aromatic rings. The minimum Gasteiger partial charge on any atom is -0.392 e. The molecule has 1 aromatic carbocycles. The molecule has 7 heteroatoms. The quantitative estimate of drug-likeness (QED) is 0.835. The third-order valence-electron chi connectivity index (χ3n) is 2.16. The summed E-state index contributed by atoms with van der Waals surface area (Å²) in [7, 11) is -4.14. The van der Waals surface area contributed by atoms with E-state index in [-0.39, 0.29) is 6.54 Å². The Hall–Kier alpha value is -1.05. The maximum atomic E-state index is 13.2. The van der Waals surface area contributed by atoms with Crippen LogP contribution in [0.4, 0.5) is 8.78 Å². The van der Waals surface area contributed by atoms with Crippen LogP contribution >= 0.6 is 0 Å². The molecular weight excluding hydrogens is 252 g/mol. The molecule has 0 spiro atoms. The van der Waals surface area contributed by atoms with Crippen molar-refractivity contribution in [1.29, 1.82) is 0 Å². The summed E-state index contributed by atoms with van der Waals surface area (Å²) in [4.78, 5) is -0.763. The van der Waals surface area contributed by atoms with Gasteiger partial charge in [0.15, 0.2) is 0 Å². The average Bonchev–Trinajstić information content (AvgIpc) is 2.29. The van der Waals surface area contributed by atoms with E-state index in [1.807, 2.05) is 4.72 Å². The first-order valence-corrected chi connectivity index (χ1v) is 6.48. The first-order valence-electron chi connectivity index (χ1n) is 4.99. The van der Waals surface area contributed by atoms with E-state index in [1.165, 1.54) is 0 Å². The van der Waals surface area contributed by atoms with Crippen LogP contribution in [0.3, 0.4) is 0 Å². The minimum absolute atomic E-state index is 0.241. The second-order valence-electron chi connectivity index (χ2n) is 3.49. The van der Waals surface area contributed by atoms with Gasteiger partial charge in [-0.15, -0.1) is 0 Å². The van der Waals surface area contributed by atoms with Crippen molar-refractivity contribution in [1.82, 2.24) is 4.72 Å². The van der Waals surface area contributed by atoms with Crippen LogP contribution in [0.15, 0.2) is 23.1 Å². The molecule has 0 aliphatic heterocycles. The molecule has 1 rings (SSSR count). The number of nitrogens with one attached hydrogen (secondary N) is 1. The van der Waals surface area contributed by atoms with Gasteiger partial charge in [-0.3, -0.25) is 0 Å². The summed E-state index contributed by atoms with van der Waals surface area (Å²) >= 11 is 0. The van der Waals surface area contributed by atoms with Gasteiger partial charge < -0.3 is 5.11 Å². The smallest absolute Gasteiger partial charge is 0.243 e. The van der Waals surface area contributed by atoms with E-state index >= 15 is 0 Å². The number of rotatable bonds is 5. The Labute approximate surface area is 98.3 Å². The van der Waals surface area contributed by atoms with Crippen LogP contribution in [0, 0.1) is 11.6 Å². The largest absolute Gasteiger partial charge is 0.392 e. The highest BCUT2D eigenvalue weighted by molar-refractivity contribution is 7.89. The first-order chi connectivity index (χ1) is 7.86. The molecule has 0 aliphatic carbocycles. The number of sulfonamides is 1. The number of hydrogen-bond acceptors (Lipinski definition) is 3. The minimum atomic E-state index is -4.14. The van der Waals surface area contributed by atoms with Crippen molar-refractivity contribution >= 4 is 10.0 Å². The Balaban J connectivity index is 2.93. The highest BCUT2D eigenvalue weighted by Crippen LogP contribution is 2.15. The summed E-state index contributed by atoms with van der Waals surface area (Å²) in [6.45, 7) is 1.43. The van der Waals surface area contributed by atoms with Gasteiger partial charge in [0, 0.05) is 6.54 Å². The summed E-state index contributed by atoms with van der Waals surface area (Å²) < 4.78 is 51.3. The van der Waals surface area contributed by atoms with Crippen molar-refractivity contribution in [3.63, 3.8) is 0 Å². The summed E-state index contributed by atoms with van der Waals surface area (Å²) in [5, 5.41) is 9.20. The molecule has 4 nitrogen and oxygen atoms in total. The fourth-order valence-corrected chi connectivity index (χ4v) is 2.27. The lowest BCUT2D eigenvalue weighted by Crippen LogP contribution is -2.32. The van der Waals surface area contributed by atoms with Gasteiger partial charge >= 0.3 is 0 Å². The SMILES string of the molecule is CCC(O)CNS(=O)(=O)c1cc(F)ccc1F. The fourth-order valence-electron chi connectivity index (χ4n) is 1.11. The van der Waals surface area contributed by atoms with Crippen molar-refractivity contribution in [2.45, 2.75) is 24.3 Å². The first kappa shape index (κ1) is 14.0. The maximum Gasteiger partial charge on any atom is 0.243 e. The third kappa shape index (κ3) is 3.72. The van der Waals surface area contributed by atoms with Gasteiger partial charge in [-0.1, -0.05) is 6.92 Å². The van der Waals surface area contributed by atoms with Crippen molar-refractivity contribution in [3.05, 3.63) is 29.8 Å². The maximum absolute atomic E-state index is 13.2. The molecular formula is C10H13F2NO3S.